The summed E-state index contributed by atoms with van der Waals surface area (Å²) in [6.07, 6.45) is 2.52. The van der Waals surface area contributed by atoms with E-state index in [9.17, 15) is 14.4 Å². The Labute approximate surface area is 484 Å². The fraction of sp³-hybridized carbons (Fsp3) is 0.147. The Hall–Kier alpha value is -9.37. The first kappa shape index (κ1) is 54.6. The maximum absolute atomic E-state index is 15.4. The lowest BCUT2D eigenvalue weighted by atomic mass is 9.77. The molecule has 14 heteroatoms. The van der Waals surface area contributed by atoms with Crippen LogP contribution in [0.4, 0.5) is 5.13 Å². The van der Waals surface area contributed by atoms with Gasteiger partial charge in [0.25, 0.3) is 5.91 Å². The lowest BCUT2D eigenvalue weighted by Gasteiger charge is -2.53. The van der Waals surface area contributed by atoms with Crippen LogP contribution < -0.4 is 10.6 Å². The van der Waals surface area contributed by atoms with Crippen LogP contribution in [0.2, 0.25) is 0 Å². The molecule has 2 N–H and O–H groups in total. The standard InChI is InChI=1S/C68H57N5O7S2/c1-48(74)78-44-26-43-66(64(77)79-60(49-27-10-2-11-28-49)50-29-12-3-13-30-50)46-73-62(76)59(63(73)82-47-66)70-61(75)58(72-80-68(54-37-20-7-21-38-54,55-39-22-8-23-40-55)56-41-24-9-25-42-56)57-45-81-65(69-57)71-67(51-31-14-4-15-32-51,52-33-16-5-17-34-52)53-35-18-6-19-36-53/h2-43,45,59-60,63H,44,46-47H2,1H3,(H,69,71)(H,70,75)/t59?,63-,66?/m1/s1. The van der Waals surface area contributed by atoms with Gasteiger partial charge in [-0.1, -0.05) is 260 Å². The number of benzene rings is 8. The molecule has 3 heterocycles. The Kier molecular flexibility index (Phi) is 16.3. The molecule has 3 atom stereocenters. The molecule has 0 radical (unpaired) electrons. The van der Waals surface area contributed by atoms with Gasteiger partial charge in [-0.15, -0.1) is 23.1 Å². The highest BCUT2D eigenvalue weighted by molar-refractivity contribution is 8.00. The third-order valence-corrected chi connectivity index (χ3v) is 17.0. The van der Waals surface area contributed by atoms with E-state index in [4.69, 9.17) is 24.5 Å². The molecule has 8 aromatic carbocycles. The lowest BCUT2D eigenvalue weighted by Crippen LogP contribution is -2.74. The minimum atomic E-state index is -1.38. The summed E-state index contributed by atoms with van der Waals surface area (Å²) in [5, 5.41) is 13.4. The predicted molar refractivity (Wildman–Crippen MR) is 321 cm³/mol. The molecule has 82 heavy (non-hydrogen) atoms. The summed E-state index contributed by atoms with van der Waals surface area (Å²) < 4.78 is 11.7. The number of aromatic nitrogens is 1. The molecule has 9 aromatic rings. The van der Waals surface area contributed by atoms with E-state index >= 15 is 4.79 Å². The maximum Gasteiger partial charge on any atom is 0.319 e. The average molecular weight is 1120 g/mol. The summed E-state index contributed by atoms with van der Waals surface area (Å²) in [5.74, 6) is -1.99. The number of rotatable bonds is 20. The van der Waals surface area contributed by atoms with E-state index < -0.39 is 57.8 Å². The molecule has 0 bridgehead atoms. The molecular formula is C68H57N5O7S2. The van der Waals surface area contributed by atoms with Gasteiger partial charge in [0.2, 0.25) is 11.5 Å². The molecule has 2 unspecified atom stereocenters. The number of oxime groups is 1. The van der Waals surface area contributed by atoms with Crippen LogP contribution in [0, 0.1) is 5.41 Å². The molecule has 0 spiro atoms. The number of hydrogen-bond donors (Lipinski definition) is 2. The molecule has 408 valence electrons. The van der Waals surface area contributed by atoms with Crippen molar-refractivity contribution in [3.63, 3.8) is 0 Å². The van der Waals surface area contributed by atoms with Crippen LogP contribution in [0.5, 0.6) is 0 Å². The van der Waals surface area contributed by atoms with Gasteiger partial charge >= 0.3 is 11.9 Å². The number of carbonyl (C=O) groups excluding carboxylic acids is 4. The third-order valence-electron chi connectivity index (χ3n) is 14.7. The number of hydrogen-bond acceptors (Lipinski definition) is 12. The summed E-state index contributed by atoms with van der Waals surface area (Å²) in [7, 11) is 0. The zero-order valence-corrected chi connectivity index (χ0v) is 46.3. The second-order valence-corrected chi connectivity index (χ2v) is 21.9. The minimum Gasteiger partial charge on any atom is -0.462 e. The molecule has 0 saturated carbocycles. The average Bonchev–Trinajstić information content (AvgIpc) is 2.05. The molecule has 2 aliphatic rings. The highest BCUT2D eigenvalue weighted by Crippen LogP contribution is 2.46. The first-order valence-electron chi connectivity index (χ1n) is 26.9. The van der Waals surface area contributed by atoms with E-state index in [1.54, 1.807) is 22.4 Å². The predicted octanol–water partition coefficient (Wildman–Crippen LogP) is 12.1. The number of ether oxygens (including phenoxy) is 2. The van der Waals surface area contributed by atoms with E-state index in [1.807, 2.05) is 206 Å². The lowest BCUT2D eigenvalue weighted by molar-refractivity contribution is -0.162. The van der Waals surface area contributed by atoms with E-state index in [1.165, 1.54) is 30.0 Å². The molecule has 0 aliphatic carbocycles. The molecule has 2 aliphatic heterocycles. The fourth-order valence-electron chi connectivity index (χ4n) is 10.7. The first-order chi connectivity index (χ1) is 40.2. The number of amides is 2. The number of nitrogens with zero attached hydrogens (tertiary/aromatic N) is 3. The number of fused-ring (bicyclic) bond motifs is 1. The highest BCUT2D eigenvalue weighted by Gasteiger charge is 2.58. The minimum absolute atomic E-state index is 0.0630. The van der Waals surface area contributed by atoms with Crippen molar-refractivity contribution in [2.75, 3.05) is 24.2 Å². The van der Waals surface area contributed by atoms with E-state index in [2.05, 4.69) is 47.0 Å². The maximum atomic E-state index is 15.4. The zero-order valence-electron chi connectivity index (χ0n) is 44.7. The molecule has 12 nitrogen and oxygen atoms in total. The van der Waals surface area contributed by atoms with Crippen LogP contribution >= 0.6 is 23.1 Å². The molecule has 2 amide bonds. The van der Waals surface area contributed by atoms with Crippen LogP contribution in [0.3, 0.4) is 0 Å². The van der Waals surface area contributed by atoms with Gasteiger partial charge < -0.3 is 29.8 Å². The SMILES string of the molecule is CC(=O)OCC=CC1(C(=O)OC(c2ccccc2)c2ccccc2)CS[C@@H]2C(NC(=O)C(=NOC(c3ccccc3)(c3ccccc3)c3ccccc3)c3csc(NC(c4ccccc4)(c4ccccc4)c4ccccc4)n3)C(=O)N2C1. The van der Waals surface area contributed by atoms with Gasteiger partial charge in [-0.05, 0) is 27.8 Å². The number of thioether (sulfide) groups is 1. The van der Waals surface area contributed by atoms with E-state index in [0.29, 0.717) is 5.13 Å². The molecular weight excluding hydrogens is 1060 g/mol. The molecule has 11 rings (SSSR count). The third kappa shape index (κ3) is 11.1. The van der Waals surface area contributed by atoms with Crippen molar-refractivity contribution < 1.29 is 33.5 Å². The number of anilines is 1. The van der Waals surface area contributed by atoms with Gasteiger partial charge in [0, 0.05) is 41.3 Å². The first-order valence-corrected chi connectivity index (χ1v) is 28.8. The highest BCUT2D eigenvalue weighted by atomic mass is 32.2. The zero-order chi connectivity index (χ0) is 56.4. The summed E-state index contributed by atoms with van der Waals surface area (Å²) >= 11 is 2.65. The van der Waals surface area contributed by atoms with Gasteiger partial charge in [-0.3, -0.25) is 19.2 Å². The Balaban J connectivity index is 0.956. The fourth-order valence-corrected chi connectivity index (χ4v) is 13.0. The number of thiazole rings is 1. The molecule has 1 aromatic heterocycles. The van der Waals surface area contributed by atoms with Crippen molar-refractivity contribution in [1.29, 1.82) is 0 Å². The Morgan fingerprint density at radius 2 is 1.10 bits per heavy atom. The van der Waals surface area contributed by atoms with Crippen LogP contribution in [0.1, 0.15) is 63.2 Å². The van der Waals surface area contributed by atoms with Gasteiger partial charge in [0.05, 0.1) is 0 Å². The Bertz CT molecular complexity index is 3460. The Morgan fingerprint density at radius 3 is 1.55 bits per heavy atom. The normalized spacial score (nSPS) is 17.1. The van der Waals surface area contributed by atoms with E-state index in [-0.39, 0.29) is 30.3 Å². The van der Waals surface area contributed by atoms with Crippen molar-refractivity contribution in [2.24, 2.45) is 10.6 Å². The van der Waals surface area contributed by atoms with Gasteiger partial charge in [-0.2, -0.15) is 0 Å². The summed E-state index contributed by atoms with van der Waals surface area (Å²) in [4.78, 5) is 70.5. The van der Waals surface area contributed by atoms with Crippen LogP contribution in [0.25, 0.3) is 0 Å². The number of β-lactam (4-membered cyclic amide) rings is 1. The van der Waals surface area contributed by atoms with Crippen molar-refractivity contribution >= 4 is 57.7 Å². The van der Waals surface area contributed by atoms with Gasteiger partial charge in [0.1, 0.15) is 34.7 Å². The van der Waals surface area contributed by atoms with Gasteiger partial charge in [0.15, 0.2) is 16.9 Å². The topological polar surface area (TPSA) is 149 Å². The summed E-state index contributed by atoms with van der Waals surface area (Å²) in [6, 6.07) is 77.4. The van der Waals surface area contributed by atoms with Crippen LogP contribution in [0.15, 0.2) is 265 Å². The van der Waals surface area contributed by atoms with E-state index in [0.717, 1.165) is 44.5 Å². The van der Waals surface area contributed by atoms with Crippen molar-refractivity contribution in [3.8, 4) is 0 Å². The van der Waals surface area contributed by atoms with Crippen molar-refractivity contribution in [3.05, 3.63) is 310 Å². The van der Waals surface area contributed by atoms with Crippen LogP contribution in [-0.2, 0) is 44.6 Å². The second kappa shape index (κ2) is 24.6. The monoisotopic (exact) mass is 1120 g/mol. The quantitative estimate of drug-likeness (QED) is 0.0189. The summed E-state index contributed by atoms with van der Waals surface area (Å²) in [6.45, 7) is 1.16. The summed E-state index contributed by atoms with van der Waals surface area (Å²) in [5.41, 5.74) is 3.01. The van der Waals surface area contributed by atoms with Crippen molar-refractivity contribution in [2.45, 2.75) is 35.6 Å². The largest absolute Gasteiger partial charge is 0.462 e. The molecule has 2 fully saturated rings. The number of esters is 2. The van der Waals surface area contributed by atoms with Gasteiger partial charge in [-0.25, -0.2) is 4.98 Å². The molecule has 2 saturated heterocycles. The smallest absolute Gasteiger partial charge is 0.319 e. The number of nitrogens with one attached hydrogen (secondary N) is 2. The Morgan fingerprint density at radius 1 is 0.659 bits per heavy atom. The second-order valence-electron chi connectivity index (χ2n) is 19.9. The van der Waals surface area contributed by atoms with Crippen LogP contribution in [-0.4, -0.2) is 69.7 Å². The number of carbonyl (C=O) groups is 4. The van der Waals surface area contributed by atoms with Crippen molar-refractivity contribution in [1.82, 2.24) is 15.2 Å².